The van der Waals surface area contributed by atoms with E-state index in [1.807, 2.05) is 55.5 Å². The molecule has 7 nitrogen and oxygen atoms in total. The van der Waals surface area contributed by atoms with Gasteiger partial charge in [-0.2, -0.15) is 0 Å². The van der Waals surface area contributed by atoms with Crippen molar-refractivity contribution in [3.8, 4) is 11.5 Å². The molecule has 0 saturated heterocycles. The van der Waals surface area contributed by atoms with Gasteiger partial charge in [0.2, 0.25) is 5.91 Å². The number of methoxy groups -OCH3 is 1. The Morgan fingerprint density at radius 1 is 1.11 bits per heavy atom. The van der Waals surface area contributed by atoms with Gasteiger partial charge in [-0.05, 0) is 36.8 Å². The van der Waals surface area contributed by atoms with Gasteiger partial charge in [0.05, 0.1) is 13.7 Å². The minimum absolute atomic E-state index is 0.0852. The molecule has 0 fully saturated rings. The van der Waals surface area contributed by atoms with Crippen molar-refractivity contribution in [1.82, 2.24) is 10.6 Å². The van der Waals surface area contributed by atoms with E-state index in [1.54, 1.807) is 14.2 Å². The lowest BCUT2D eigenvalue weighted by atomic mass is 10.2. The molecule has 0 aliphatic heterocycles. The molecule has 2 rings (SSSR count). The van der Waals surface area contributed by atoms with Gasteiger partial charge in [-0.3, -0.25) is 9.79 Å². The standard InChI is InChI=1S/C21H28N4O3/c1-15(28-20-11-6-5-10-19(20)27-4)13-23-21(22-3)24-14-17-8-7-9-18(12-17)25-16(2)26/h5-12,15H,13-14H2,1-4H3,(H,25,26)(H2,22,23,24). The first kappa shape index (κ1) is 21.1. The van der Waals surface area contributed by atoms with Gasteiger partial charge >= 0.3 is 0 Å². The zero-order valence-electron chi connectivity index (χ0n) is 16.8. The lowest BCUT2D eigenvalue weighted by molar-refractivity contribution is -0.114. The van der Waals surface area contributed by atoms with E-state index in [4.69, 9.17) is 9.47 Å². The van der Waals surface area contributed by atoms with E-state index in [1.165, 1.54) is 6.92 Å². The molecule has 0 heterocycles. The Morgan fingerprint density at radius 2 is 1.86 bits per heavy atom. The van der Waals surface area contributed by atoms with Crippen molar-refractivity contribution in [2.75, 3.05) is 26.0 Å². The number of aliphatic imine (C=N–C) groups is 1. The molecule has 28 heavy (non-hydrogen) atoms. The van der Waals surface area contributed by atoms with Crippen LogP contribution in [0.1, 0.15) is 19.4 Å². The van der Waals surface area contributed by atoms with E-state index in [0.717, 1.165) is 11.3 Å². The number of nitrogens with zero attached hydrogens (tertiary/aromatic N) is 1. The Labute approximate surface area is 166 Å². The van der Waals surface area contributed by atoms with Gasteiger partial charge in [-0.15, -0.1) is 0 Å². The molecule has 3 N–H and O–H groups in total. The summed E-state index contributed by atoms with van der Waals surface area (Å²) in [6.45, 7) is 4.62. The van der Waals surface area contributed by atoms with E-state index < -0.39 is 0 Å². The highest BCUT2D eigenvalue weighted by atomic mass is 16.5. The summed E-state index contributed by atoms with van der Waals surface area (Å²) in [6.07, 6.45) is -0.0852. The number of carbonyl (C=O) groups is 1. The van der Waals surface area contributed by atoms with Crippen LogP contribution in [0.4, 0.5) is 5.69 Å². The van der Waals surface area contributed by atoms with E-state index in [2.05, 4.69) is 20.9 Å². The van der Waals surface area contributed by atoms with Gasteiger partial charge in [0.1, 0.15) is 6.10 Å². The van der Waals surface area contributed by atoms with Gasteiger partial charge in [0.15, 0.2) is 17.5 Å². The highest BCUT2D eigenvalue weighted by molar-refractivity contribution is 5.88. The third kappa shape index (κ3) is 6.83. The van der Waals surface area contributed by atoms with Gasteiger partial charge in [0.25, 0.3) is 0 Å². The minimum Gasteiger partial charge on any atom is -0.493 e. The fourth-order valence-electron chi connectivity index (χ4n) is 2.58. The van der Waals surface area contributed by atoms with Crippen LogP contribution < -0.4 is 25.4 Å². The van der Waals surface area contributed by atoms with Gasteiger partial charge in [-0.1, -0.05) is 24.3 Å². The molecule has 0 aliphatic carbocycles. The van der Waals surface area contributed by atoms with Gasteiger partial charge < -0.3 is 25.4 Å². The van der Waals surface area contributed by atoms with E-state index in [0.29, 0.717) is 30.5 Å². The quantitative estimate of drug-likeness (QED) is 0.481. The fraction of sp³-hybridized carbons (Fsp3) is 0.333. The average molecular weight is 384 g/mol. The van der Waals surface area contributed by atoms with Crippen LogP contribution in [0.3, 0.4) is 0 Å². The first-order chi connectivity index (χ1) is 13.5. The smallest absolute Gasteiger partial charge is 0.221 e. The number of para-hydroxylation sites is 2. The number of hydrogen-bond acceptors (Lipinski definition) is 4. The minimum atomic E-state index is -0.0911. The SMILES string of the molecule is CN=C(NCc1cccc(NC(C)=O)c1)NCC(C)Oc1ccccc1OC. The summed E-state index contributed by atoms with van der Waals surface area (Å²) >= 11 is 0. The Kier molecular flexibility index (Phi) is 8.14. The predicted molar refractivity (Wildman–Crippen MR) is 112 cm³/mol. The largest absolute Gasteiger partial charge is 0.493 e. The molecule has 0 aromatic heterocycles. The molecule has 0 saturated carbocycles. The normalized spacial score (nSPS) is 12.1. The maximum absolute atomic E-state index is 11.2. The van der Waals surface area contributed by atoms with Crippen molar-refractivity contribution in [3.63, 3.8) is 0 Å². The van der Waals surface area contributed by atoms with Crippen molar-refractivity contribution in [2.45, 2.75) is 26.5 Å². The first-order valence-corrected chi connectivity index (χ1v) is 9.12. The van der Waals surface area contributed by atoms with Crippen molar-refractivity contribution in [2.24, 2.45) is 4.99 Å². The number of ether oxygens (including phenoxy) is 2. The van der Waals surface area contributed by atoms with E-state index >= 15 is 0 Å². The van der Waals surface area contributed by atoms with Crippen LogP contribution in [0.25, 0.3) is 0 Å². The Bertz CT molecular complexity index is 808. The van der Waals surface area contributed by atoms with E-state index in [9.17, 15) is 4.79 Å². The zero-order valence-corrected chi connectivity index (χ0v) is 16.8. The summed E-state index contributed by atoms with van der Waals surface area (Å²) in [5, 5.41) is 9.28. The third-order valence-corrected chi connectivity index (χ3v) is 3.89. The first-order valence-electron chi connectivity index (χ1n) is 9.12. The van der Waals surface area contributed by atoms with Crippen LogP contribution >= 0.6 is 0 Å². The highest BCUT2D eigenvalue weighted by Crippen LogP contribution is 2.26. The fourth-order valence-corrected chi connectivity index (χ4v) is 2.58. The average Bonchev–Trinajstić information content (AvgIpc) is 2.68. The summed E-state index contributed by atoms with van der Waals surface area (Å²) in [7, 11) is 3.34. The number of benzene rings is 2. The van der Waals surface area contributed by atoms with Crippen molar-refractivity contribution >= 4 is 17.6 Å². The predicted octanol–water partition coefficient (Wildman–Crippen LogP) is 2.79. The summed E-state index contributed by atoms with van der Waals surface area (Å²) < 4.78 is 11.2. The molecular formula is C21H28N4O3. The Hall–Kier alpha value is -3.22. The number of guanidine groups is 1. The van der Waals surface area contributed by atoms with Crippen molar-refractivity contribution in [3.05, 3.63) is 54.1 Å². The molecule has 7 heteroatoms. The zero-order chi connectivity index (χ0) is 20.4. The maximum atomic E-state index is 11.2. The maximum Gasteiger partial charge on any atom is 0.221 e. The molecule has 0 aliphatic rings. The summed E-state index contributed by atoms with van der Waals surface area (Å²) in [5.74, 6) is 1.99. The van der Waals surface area contributed by atoms with Crippen molar-refractivity contribution < 1.29 is 14.3 Å². The lowest BCUT2D eigenvalue weighted by Gasteiger charge is -2.19. The van der Waals surface area contributed by atoms with Gasteiger partial charge in [-0.25, -0.2) is 0 Å². The molecule has 1 amide bonds. The molecule has 0 radical (unpaired) electrons. The van der Waals surface area contributed by atoms with Crippen LogP contribution in [0, 0.1) is 0 Å². The number of nitrogens with one attached hydrogen (secondary N) is 3. The molecule has 2 aromatic rings. The monoisotopic (exact) mass is 384 g/mol. The molecular weight excluding hydrogens is 356 g/mol. The molecule has 2 aromatic carbocycles. The van der Waals surface area contributed by atoms with Crippen molar-refractivity contribution in [1.29, 1.82) is 0 Å². The number of carbonyl (C=O) groups excluding carboxylic acids is 1. The molecule has 0 bridgehead atoms. The second-order valence-electron chi connectivity index (χ2n) is 6.27. The van der Waals surface area contributed by atoms with Crippen LogP contribution in [0.15, 0.2) is 53.5 Å². The lowest BCUT2D eigenvalue weighted by Crippen LogP contribution is -2.41. The number of amides is 1. The molecule has 1 atom stereocenters. The Morgan fingerprint density at radius 3 is 2.54 bits per heavy atom. The van der Waals surface area contributed by atoms with Crippen LogP contribution in [-0.4, -0.2) is 38.7 Å². The number of rotatable bonds is 8. The summed E-state index contributed by atoms with van der Waals surface area (Å²) in [4.78, 5) is 15.4. The van der Waals surface area contributed by atoms with Crippen LogP contribution in [0.2, 0.25) is 0 Å². The van der Waals surface area contributed by atoms with Gasteiger partial charge in [0, 0.05) is 26.2 Å². The third-order valence-electron chi connectivity index (χ3n) is 3.89. The summed E-state index contributed by atoms with van der Waals surface area (Å²) in [5.41, 5.74) is 1.81. The highest BCUT2D eigenvalue weighted by Gasteiger charge is 2.09. The number of anilines is 1. The second kappa shape index (κ2) is 10.8. The molecule has 150 valence electrons. The topological polar surface area (TPSA) is 84.0 Å². The van der Waals surface area contributed by atoms with Crippen LogP contribution in [-0.2, 0) is 11.3 Å². The molecule has 1 unspecified atom stereocenters. The van der Waals surface area contributed by atoms with Crippen LogP contribution in [0.5, 0.6) is 11.5 Å². The molecule has 0 spiro atoms. The second-order valence-corrected chi connectivity index (χ2v) is 6.27. The Balaban J connectivity index is 1.83. The number of hydrogen-bond donors (Lipinski definition) is 3. The van der Waals surface area contributed by atoms with E-state index in [-0.39, 0.29) is 12.0 Å². The summed E-state index contributed by atoms with van der Waals surface area (Å²) in [6, 6.07) is 15.2.